The van der Waals surface area contributed by atoms with E-state index in [4.69, 9.17) is 17.7 Å². The number of rotatable bonds is 9. The van der Waals surface area contributed by atoms with Crippen molar-refractivity contribution in [3.63, 3.8) is 0 Å². The second kappa shape index (κ2) is 7.65. The lowest BCUT2D eigenvalue weighted by molar-refractivity contribution is 0.123. The molecule has 4 nitrogen and oxygen atoms in total. The smallest absolute Gasteiger partial charge is 0.469 e. The fourth-order valence-corrected chi connectivity index (χ4v) is 3.44. The molecule has 97 valence electrons. The molecule has 0 atom stereocenters. The van der Waals surface area contributed by atoms with E-state index in [9.17, 15) is 0 Å². The molecule has 0 spiro atoms. The van der Waals surface area contributed by atoms with Crippen molar-refractivity contribution in [3.8, 4) is 0 Å². The van der Waals surface area contributed by atoms with Gasteiger partial charge in [0, 0.05) is 33.8 Å². The maximum atomic E-state index is 5.35. The minimum absolute atomic E-state index is 0.838. The predicted octanol–water partition coefficient (Wildman–Crippen LogP) is 2.68. The molecule has 5 heteroatoms. The first-order valence-corrected chi connectivity index (χ1v) is 7.69. The molecule has 0 saturated carbocycles. The van der Waals surface area contributed by atoms with Crippen molar-refractivity contribution in [2.75, 3.05) is 21.3 Å². The van der Waals surface area contributed by atoms with Gasteiger partial charge in [-0.1, -0.05) is 0 Å². The van der Waals surface area contributed by atoms with Crippen LogP contribution in [0.3, 0.4) is 0 Å². The summed E-state index contributed by atoms with van der Waals surface area (Å²) in [5, 5.41) is 0. The third-order valence-electron chi connectivity index (χ3n) is 2.75. The molecular formula is C12H21O4Si. The van der Waals surface area contributed by atoms with Crippen molar-refractivity contribution in [2.24, 2.45) is 0 Å². The molecule has 1 radical (unpaired) electrons. The van der Waals surface area contributed by atoms with Crippen LogP contribution in [0.25, 0.3) is 0 Å². The summed E-state index contributed by atoms with van der Waals surface area (Å²) in [6.07, 6.45) is 6.78. The molecule has 0 bridgehead atoms. The normalized spacial score (nSPS) is 11.9. The van der Waals surface area contributed by atoms with Gasteiger partial charge in [0.1, 0.15) is 5.76 Å². The molecule has 0 N–H and O–H groups in total. The van der Waals surface area contributed by atoms with E-state index in [1.807, 2.05) is 12.1 Å². The van der Waals surface area contributed by atoms with Gasteiger partial charge < -0.3 is 17.7 Å². The van der Waals surface area contributed by atoms with E-state index in [1.54, 1.807) is 27.6 Å². The van der Waals surface area contributed by atoms with Crippen LogP contribution in [0.5, 0.6) is 0 Å². The molecule has 1 rings (SSSR count). The van der Waals surface area contributed by atoms with E-state index in [-0.39, 0.29) is 0 Å². The van der Waals surface area contributed by atoms with Crippen LogP contribution in [0, 0.1) is 6.42 Å². The van der Waals surface area contributed by atoms with E-state index in [1.165, 1.54) is 0 Å². The number of hydrogen-bond donors (Lipinski definition) is 0. The van der Waals surface area contributed by atoms with Crippen molar-refractivity contribution < 1.29 is 17.7 Å². The molecule has 1 aromatic rings. The van der Waals surface area contributed by atoms with Gasteiger partial charge in [0.25, 0.3) is 0 Å². The Morgan fingerprint density at radius 1 is 1.24 bits per heavy atom. The first-order valence-electron chi connectivity index (χ1n) is 5.76. The predicted molar refractivity (Wildman–Crippen MR) is 67.5 cm³/mol. The second-order valence-electron chi connectivity index (χ2n) is 3.76. The van der Waals surface area contributed by atoms with E-state index in [2.05, 4.69) is 6.42 Å². The Kier molecular flexibility index (Phi) is 6.50. The summed E-state index contributed by atoms with van der Waals surface area (Å²) in [4.78, 5) is 0. The molecule has 1 aromatic heterocycles. The van der Waals surface area contributed by atoms with Crippen LogP contribution in [-0.4, -0.2) is 30.1 Å². The van der Waals surface area contributed by atoms with Gasteiger partial charge in [0.05, 0.1) is 6.26 Å². The highest BCUT2D eigenvalue weighted by molar-refractivity contribution is 6.60. The van der Waals surface area contributed by atoms with E-state index in [0.29, 0.717) is 0 Å². The summed E-state index contributed by atoms with van der Waals surface area (Å²) >= 11 is 0. The summed E-state index contributed by atoms with van der Waals surface area (Å²) in [5.74, 6) is 0.999. The maximum Gasteiger partial charge on any atom is 0.500 e. The molecule has 0 saturated heterocycles. The van der Waals surface area contributed by atoms with Gasteiger partial charge >= 0.3 is 8.80 Å². The van der Waals surface area contributed by atoms with Crippen LogP contribution >= 0.6 is 0 Å². The quantitative estimate of drug-likeness (QED) is 0.504. The summed E-state index contributed by atoms with van der Waals surface area (Å²) in [6.45, 7) is 0. The summed E-state index contributed by atoms with van der Waals surface area (Å²) < 4.78 is 21.3. The Bertz CT molecular complexity index is 274. The maximum absolute atomic E-state index is 5.35. The van der Waals surface area contributed by atoms with Crippen molar-refractivity contribution in [1.82, 2.24) is 0 Å². The molecule has 0 aliphatic rings. The van der Waals surface area contributed by atoms with E-state index in [0.717, 1.165) is 31.1 Å². The Morgan fingerprint density at radius 2 is 1.94 bits per heavy atom. The van der Waals surface area contributed by atoms with Crippen LogP contribution in [-0.2, 0) is 19.7 Å². The zero-order valence-corrected chi connectivity index (χ0v) is 11.8. The van der Waals surface area contributed by atoms with Crippen LogP contribution in [0.4, 0.5) is 0 Å². The molecule has 0 aromatic carbocycles. The number of unbranched alkanes of at least 4 members (excludes halogenated alkanes) is 2. The Labute approximate surface area is 104 Å². The minimum Gasteiger partial charge on any atom is -0.469 e. The molecule has 0 aliphatic carbocycles. The SMILES string of the molecule is CO[Si](CCC[CH]Cc1ccco1)(OC)OC. The van der Waals surface area contributed by atoms with Crippen molar-refractivity contribution in [1.29, 1.82) is 0 Å². The highest BCUT2D eigenvalue weighted by Crippen LogP contribution is 2.17. The molecule has 0 fully saturated rings. The van der Waals surface area contributed by atoms with Crippen LogP contribution in [0.2, 0.25) is 6.04 Å². The summed E-state index contributed by atoms with van der Waals surface area (Å²) in [6, 6.07) is 4.72. The van der Waals surface area contributed by atoms with Gasteiger partial charge in [-0.05, 0) is 31.4 Å². The van der Waals surface area contributed by atoms with E-state index >= 15 is 0 Å². The molecule has 0 aliphatic heterocycles. The molecular weight excluding hydrogens is 236 g/mol. The highest BCUT2D eigenvalue weighted by atomic mass is 28.4. The first kappa shape index (κ1) is 14.4. The molecule has 17 heavy (non-hydrogen) atoms. The molecule has 0 amide bonds. The Hall–Kier alpha value is -0.623. The fourth-order valence-electron chi connectivity index (χ4n) is 1.69. The highest BCUT2D eigenvalue weighted by Gasteiger charge is 2.36. The lowest BCUT2D eigenvalue weighted by Gasteiger charge is -2.24. The van der Waals surface area contributed by atoms with Gasteiger partial charge in [0.2, 0.25) is 0 Å². The van der Waals surface area contributed by atoms with Gasteiger partial charge in [0.15, 0.2) is 0 Å². The average molecular weight is 257 g/mol. The van der Waals surface area contributed by atoms with Crippen LogP contribution < -0.4 is 0 Å². The first-order chi connectivity index (χ1) is 8.26. The van der Waals surface area contributed by atoms with Gasteiger partial charge in [-0.2, -0.15) is 0 Å². The van der Waals surface area contributed by atoms with Crippen molar-refractivity contribution in [2.45, 2.75) is 25.3 Å². The monoisotopic (exact) mass is 257 g/mol. The van der Waals surface area contributed by atoms with Gasteiger partial charge in [-0.15, -0.1) is 0 Å². The van der Waals surface area contributed by atoms with Crippen LogP contribution in [0.1, 0.15) is 18.6 Å². The molecule has 0 unspecified atom stereocenters. The average Bonchev–Trinajstić information content (AvgIpc) is 2.88. The standard InChI is InChI=1S/C12H21O4Si/c1-13-17(14-2,15-3)11-6-4-5-8-12-9-7-10-16-12/h5,7,9-10H,4,6,8,11H2,1-3H3. The Morgan fingerprint density at radius 3 is 2.47 bits per heavy atom. The van der Waals surface area contributed by atoms with Crippen molar-refractivity contribution >= 4 is 8.80 Å². The second-order valence-corrected chi connectivity index (χ2v) is 6.85. The summed E-state index contributed by atoms with van der Waals surface area (Å²) in [5.41, 5.74) is 0. The molecule has 1 heterocycles. The van der Waals surface area contributed by atoms with Gasteiger partial charge in [-0.3, -0.25) is 0 Å². The zero-order chi connectivity index (χ0) is 12.6. The summed E-state index contributed by atoms with van der Waals surface area (Å²) in [7, 11) is 2.56. The Balaban J connectivity index is 2.14. The third kappa shape index (κ3) is 4.63. The third-order valence-corrected chi connectivity index (χ3v) is 5.58. The number of furan rings is 1. The zero-order valence-electron chi connectivity index (χ0n) is 10.8. The lowest BCUT2D eigenvalue weighted by Crippen LogP contribution is -2.42. The van der Waals surface area contributed by atoms with Gasteiger partial charge in [-0.25, -0.2) is 0 Å². The van der Waals surface area contributed by atoms with Crippen LogP contribution in [0.15, 0.2) is 22.8 Å². The number of hydrogen-bond acceptors (Lipinski definition) is 4. The largest absolute Gasteiger partial charge is 0.500 e. The lowest BCUT2D eigenvalue weighted by atomic mass is 10.2. The fraction of sp³-hybridized carbons (Fsp3) is 0.583. The topological polar surface area (TPSA) is 40.8 Å². The van der Waals surface area contributed by atoms with E-state index < -0.39 is 8.80 Å². The minimum atomic E-state index is -2.38. The van der Waals surface area contributed by atoms with Crippen molar-refractivity contribution in [3.05, 3.63) is 30.6 Å².